The molecule has 0 atom stereocenters. The van der Waals surface area contributed by atoms with Crippen LogP contribution in [0, 0.1) is 20.8 Å². The minimum Gasteiger partial charge on any atom is -0.352 e. The van der Waals surface area contributed by atoms with Crippen molar-refractivity contribution < 1.29 is 13.2 Å². The summed E-state index contributed by atoms with van der Waals surface area (Å²) in [6.45, 7) is 6.91. The summed E-state index contributed by atoms with van der Waals surface area (Å²) in [7, 11) is -3.47. The summed E-state index contributed by atoms with van der Waals surface area (Å²) in [6.07, 6.45) is -0.0678. The highest BCUT2D eigenvalue weighted by Crippen LogP contribution is 2.13. The third-order valence-electron chi connectivity index (χ3n) is 4.89. The first-order valence-electron chi connectivity index (χ1n) is 9.88. The lowest BCUT2D eigenvalue weighted by atomic mass is 10.1. The fourth-order valence-corrected chi connectivity index (χ4v) is 4.47. The number of rotatable bonds is 8. The van der Waals surface area contributed by atoms with E-state index in [4.69, 9.17) is 0 Å². The Bertz CT molecular complexity index is 1130. The van der Waals surface area contributed by atoms with Crippen molar-refractivity contribution >= 4 is 15.7 Å². The highest BCUT2D eigenvalue weighted by atomic mass is 32.2. The van der Waals surface area contributed by atoms with Crippen molar-refractivity contribution in [2.75, 3.05) is 5.75 Å². The van der Waals surface area contributed by atoms with Gasteiger partial charge in [-0.1, -0.05) is 42.0 Å². The van der Waals surface area contributed by atoms with E-state index in [9.17, 15) is 13.2 Å². The minimum absolute atomic E-state index is 0.0678. The van der Waals surface area contributed by atoms with Gasteiger partial charge in [-0.25, -0.2) is 8.42 Å². The molecule has 1 N–H and O–H groups in total. The molecule has 2 aromatic carbocycles. The van der Waals surface area contributed by atoms with Gasteiger partial charge in [0.1, 0.15) is 0 Å². The van der Waals surface area contributed by atoms with Gasteiger partial charge >= 0.3 is 0 Å². The zero-order valence-electron chi connectivity index (χ0n) is 17.6. The summed E-state index contributed by atoms with van der Waals surface area (Å²) in [5.41, 5.74) is 5.13. The number of aromatic nitrogens is 2. The number of carbonyl (C=O) groups excluding carboxylic acids is 1. The Balaban J connectivity index is 1.53. The van der Waals surface area contributed by atoms with Crippen LogP contribution >= 0.6 is 0 Å². The van der Waals surface area contributed by atoms with E-state index in [0.29, 0.717) is 13.1 Å². The first kappa shape index (κ1) is 21.8. The Morgan fingerprint density at radius 1 is 1.00 bits per heavy atom. The zero-order valence-corrected chi connectivity index (χ0v) is 18.4. The summed E-state index contributed by atoms with van der Waals surface area (Å²) in [6, 6.07) is 16.6. The fraction of sp³-hybridized carbons (Fsp3) is 0.304. The van der Waals surface area contributed by atoms with Gasteiger partial charge in [0, 0.05) is 18.7 Å². The number of aryl methyl sites for hydroxylation is 3. The highest BCUT2D eigenvalue weighted by Gasteiger charge is 2.16. The topological polar surface area (TPSA) is 81.1 Å². The molecule has 6 nitrogen and oxygen atoms in total. The van der Waals surface area contributed by atoms with Crippen LogP contribution in [0.5, 0.6) is 0 Å². The molecule has 0 saturated carbocycles. The Morgan fingerprint density at radius 2 is 1.70 bits per heavy atom. The second-order valence-electron chi connectivity index (χ2n) is 7.56. The average Bonchev–Trinajstić information content (AvgIpc) is 3.02. The summed E-state index contributed by atoms with van der Waals surface area (Å²) in [5, 5.41) is 7.29. The van der Waals surface area contributed by atoms with Gasteiger partial charge < -0.3 is 5.32 Å². The monoisotopic (exact) mass is 425 g/mol. The molecule has 7 heteroatoms. The lowest BCUT2D eigenvalue weighted by Crippen LogP contribution is -2.25. The van der Waals surface area contributed by atoms with E-state index >= 15 is 0 Å². The number of carbonyl (C=O) groups is 1. The number of hydrogen-bond donors (Lipinski definition) is 1. The lowest BCUT2D eigenvalue weighted by molar-refractivity contribution is -0.120. The molecule has 0 saturated heterocycles. The molecule has 0 fully saturated rings. The largest absolute Gasteiger partial charge is 0.352 e. The number of nitrogens with one attached hydrogen (secondary N) is 1. The lowest BCUT2D eigenvalue weighted by Gasteiger charge is -2.09. The van der Waals surface area contributed by atoms with Crippen molar-refractivity contribution in [2.24, 2.45) is 0 Å². The van der Waals surface area contributed by atoms with Crippen LogP contribution in [0.4, 0.5) is 0 Å². The van der Waals surface area contributed by atoms with Crippen molar-refractivity contribution in [1.82, 2.24) is 15.1 Å². The Morgan fingerprint density at radius 3 is 2.37 bits per heavy atom. The minimum atomic E-state index is -3.47. The van der Waals surface area contributed by atoms with Crippen LogP contribution in [-0.2, 0) is 27.7 Å². The first-order chi connectivity index (χ1) is 14.2. The fourth-order valence-electron chi connectivity index (χ4n) is 3.23. The van der Waals surface area contributed by atoms with Crippen LogP contribution in [0.2, 0.25) is 0 Å². The molecule has 3 aromatic rings. The first-order valence-corrected chi connectivity index (χ1v) is 11.5. The SMILES string of the molecule is Cc1ccc(S(=O)(=O)CCC(=O)NCc2cccc(Cn3nc(C)cc3C)c2)cc1. The Labute approximate surface area is 177 Å². The summed E-state index contributed by atoms with van der Waals surface area (Å²) >= 11 is 0. The van der Waals surface area contributed by atoms with Crippen molar-refractivity contribution in [1.29, 1.82) is 0 Å². The van der Waals surface area contributed by atoms with Crippen LogP contribution in [-0.4, -0.2) is 29.9 Å². The average molecular weight is 426 g/mol. The van der Waals surface area contributed by atoms with Crippen LogP contribution in [0.1, 0.15) is 34.5 Å². The van der Waals surface area contributed by atoms with Gasteiger partial charge in [-0.3, -0.25) is 9.48 Å². The van der Waals surface area contributed by atoms with Crippen molar-refractivity contribution in [3.63, 3.8) is 0 Å². The smallest absolute Gasteiger partial charge is 0.221 e. The van der Waals surface area contributed by atoms with Crippen LogP contribution < -0.4 is 5.32 Å². The van der Waals surface area contributed by atoms with Gasteiger partial charge in [-0.15, -0.1) is 0 Å². The van der Waals surface area contributed by atoms with E-state index < -0.39 is 9.84 Å². The highest BCUT2D eigenvalue weighted by molar-refractivity contribution is 7.91. The number of amides is 1. The van der Waals surface area contributed by atoms with E-state index in [-0.39, 0.29) is 23.0 Å². The second kappa shape index (κ2) is 9.26. The summed E-state index contributed by atoms with van der Waals surface area (Å²) in [5.74, 6) is -0.491. The summed E-state index contributed by atoms with van der Waals surface area (Å²) in [4.78, 5) is 12.4. The molecule has 0 radical (unpaired) electrons. The maximum absolute atomic E-state index is 12.4. The molecule has 0 bridgehead atoms. The van der Waals surface area contributed by atoms with Crippen molar-refractivity contribution in [2.45, 2.75) is 45.2 Å². The molecule has 0 unspecified atom stereocenters. The molecule has 0 spiro atoms. The number of sulfone groups is 1. The molecule has 0 aliphatic rings. The molecule has 158 valence electrons. The van der Waals surface area contributed by atoms with Crippen molar-refractivity contribution in [3.05, 3.63) is 82.7 Å². The molecule has 30 heavy (non-hydrogen) atoms. The Hall–Kier alpha value is -2.93. The van der Waals surface area contributed by atoms with Crippen LogP contribution in [0.25, 0.3) is 0 Å². The van der Waals surface area contributed by atoms with Crippen molar-refractivity contribution in [3.8, 4) is 0 Å². The Kier molecular flexibility index (Phi) is 6.72. The normalized spacial score (nSPS) is 11.4. The molecule has 1 heterocycles. The van der Waals surface area contributed by atoms with Gasteiger partial charge in [0.15, 0.2) is 9.84 Å². The predicted octanol–water partition coefficient (Wildman–Crippen LogP) is 3.34. The van der Waals surface area contributed by atoms with Gasteiger partial charge in [-0.2, -0.15) is 5.10 Å². The third kappa shape index (κ3) is 5.79. The molecule has 1 aromatic heterocycles. The van der Waals surface area contributed by atoms with E-state index in [2.05, 4.69) is 10.4 Å². The van der Waals surface area contributed by atoms with Crippen LogP contribution in [0.3, 0.4) is 0 Å². The van der Waals surface area contributed by atoms with Gasteiger partial charge in [-0.05, 0) is 50.1 Å². The van der Waals surface area contributed by atoms with Gasteiger partial charge in [0.25, 0.3) is 0 Å². The number of hydrogen-bond acceptors (Lipinski definition) is 4. The van der Waals surface area contributed by atoms with Gasteiger partial charge in [0.2, 0.25) is 5.91 Å². The van der Waals surface area contributed by atoms with Crippen LogP contribution in [0.15, 0.2) is 59.5 Å². The number of nitrogens with zero attached hydrogens (tertiary/aromatic N) is 2. The predicted molar refractivity (Wildman–Crippen MR) is 117 cm³/mol. The standard InChI is InChI=1S/C23H27N3O3S/c1-17-7-9-22(10-8-17)30(28,29)12-11-23(27)24-15-20-5-4-6-21(14-20)16-26-19(3)13-18(2)25-26/h4-10,13-14H,11-12,15-16H2,1-3H3,(H,24,27). The van der Waals surface area contributed by atoms with E-state index in [1.54, 1.807) is 24.3 Å². The van der Waals surface area contributed by atoms with E-state index in [1.165, 1.54) is 0 Å². The zero-order chi connectivity index (χ0) is 21.7. The molecule has 3 rings (SSSR count). The molecule has 1 amide bonds. The molecule has 0 aliphatic carbocycles. The van der Waals surface area contributed by atoms with E-state index in [1.807, 2.05) is 55.8 Å². The maximum atomic E-state index is 12.4. The van der Waals surface area contributed by atoms with Gasteiger partial charge in [0.05, 0.1) is 22.9 Å². The van der Waals surface area contributed by atoms with E-state index in [0.717, 1.165) is 28.1 Å². The third-order valence-corrected chi connectivity index (χ3v) is 6.63. The molecule has 0 aliphatic heterocycles. The second-order valence-corrected chi connectivity index (χ2v) is 9.67. The maximum Gasteiger partial charge on any atom is 0.221 e. The molecular formula is C23H27N3O3S. The molecular weight excluding hydrogens is 398 g/mol. The quantitative estimate of drug-likeness (QED) is 0.600. The number of benzene rings is 2. The summed E-state index contributed by atoms with van der Waals surface area (Å²) < 4.78 is 26.7.